The maximum Gasteiger partial charge on any atom is 0.135 e. The first-order valence-corrected chi connectivity index (χ1v) is 7.59. The Kier molecular flexibility index (Phi) is 4.23. The molecule has 0 unspecified atom stereocenters. The number of rotatable bonds is 5. The Morgan fingerprint density at radius 1 is 1.25 bits per heavy atom. The summed E-state index contributed by atoms with van der Waals surface area (Å²) in [6.07, 6.45) is 2.63. The van der Waals surface area contributed by atoms with Crippen LogP contribution in [0, 0.1) is 6.92 Å². The summed E-state index contributed by atoms with van der Waals surface area (Å²) in [5, 5.41) is 9.65. The number of hydrogen-bond donors (Lipinski definition) is 2. The molecule has 0 amide bonds. The SMILES string of the molecule is CCc1nc(NC)c(C)c(NC(C)(C)c2nccs2)n1. The van der Waals surface area contributed by atoms with Crippen LogP contribution in [0.4, 0.5) is 11.6 Å². The average molecular weight is 291 g/mol. The fourth-order valence-electron chi connectivity index (χ4n) is 1.97. The molecule has 2 rings (SSSR count). The largest absolute Gasteiger partial charge is 0.373 e. The molecule has 0 radical (unpaired) electrons. The van der Waals surface area contributed by atoms with E-state index >= 15 is 0 Å². The summed E-state index contributed by atoms with van der Waals surface area (Å²) in [6.45, 7) is 8.29. The van der Waals surface area contributed by atoms with Crippen molar-refractivity contribution < 1.29 is 0 Å². The number of hydrogen-bond acceptors (Lipinski definition) is 6. The number of thiazole rings is 1. The van der Waals surface area contributed by atoms with Crippen molar-refractivity contribution in [2.45, 2.75) is 39.7 Å². The summed E-state index contributed by atoms with van der Waals surface area (Å²) in [5.41, 5.74) is 0.762. The van der Waals surface area contributed by atoms with Gasteiger partial charge in [0.2, 0.25) is 0 Å². The van der Waals surface area contributed by atoms with E-state index in [0.717, 1.165) is 34.5 Å². The summed E-state index contributed by atoms with van der Waals surface area (Å²) in [5.74, 6) is 2.56. The van der Waals surface area contributed by atoms with Crippen molar-refractivity contribution in [2.75, 3.05) is 17.7 Å². The lowest BCUT2D eigenvalue weighted by Crippen LogP contribution is -2.29. The highest BCUT2D eigenvalue weighted by Crippen LogP contribution is 2.29. The molecule has 20 heavy (non-hydrogen) atoms. The Balaban J connectivity index is 2.38. The first-order valence-electron chi connectivity index (χ1n) is 6.71. The van der Waals surface area contributed by atoms with Gasteiger partial charge in [-0.05, 0) is 20.8 Å². The van der Waals surface area contributed by atoms with Gasteiger partial charge in [-0.25, -0.2) is 15.0 Å². The third kappa shape index (κ3) is 2.90. The van der Waals surface area contributed by atoms with E-state index in [-0.39, 0.29) is 5.54 Å². The lowest BCUT2D eigenvalue weighted by molar-refractivity contribution is 0.599. The van der Waals surface area contributed by atoms with Crippen LogP contribution in [0.15, 0.2) is 11.6 Å². The van der Waals surface area contributed by atoms with Gasteiger partial charge < -0.3 is 10.6 Å². The molecule has 2 heterocycles. The molecule has 0 saturated carbocycles. The normalized spacial score (nSPS) is 11.4. The van der Waals surface area contributed by atoms with Gasteiger partial charge in [0.1, 0.15) is 22.5 Å². The molecule has 0 saturated heterocycles. The molecular formula is C14H21N5S. The van der Waals surface area contributed by atoms with Gasteiger partial charge in [0.05, 0.1) is 5.54 Å². The van der Waals surface area contributed by atoms with Gasteiger partial charge in [-0.3, -0.25) is 0 Å². The van der Waals surface area contributed by atoms with Crippen LogP contribution in [-0.4, -0.2) is 22.0 Å². The van der Waals surface area contributed by atoms with Crippen LogP contribution in [0.25, 0.3) is 0 Å². The summed E-state index contributed by atoms with van der Waals surface area (Å²) >= 11 is 1.64. The fraction of sp³-hybridized carbons (Fsp3) is 0.500. The third-order valence-electron chi connectivity index (χ3n) is 3.14. The molecule has 0 bridgehead atoms. The average Bonchev–Trinajstić information content (AvgIpc) is 2.95. The Labute approximate surface area is 123 Å². The first-order chi connectivity index (χ1) is 9.47. The summed E-state index contributed by atoms with van der Waals surface area (Å²) in [6, 6.07) is 0. The maximum atomic E-state index is 4.61. The van der Waals surface area contributed by atoms with E-state index in [0.29, 0.717) is 0 Å². The van der Waals surface area contributed by atoms with Crippen LogP contribution in [0.2, 0.25) is 0 Å². The Bertz CT molecular complexity index is 578. The molecule has 0 aliphatic carbocycles. The molecule has 2 N–H and O–H groups in total. The highest BCUT2D eigenvalue weighted by atomic mass is 32.1. The second-order valence-corrected chi connectivity index (χ2v) is 6.05. The van der Waals surface area contributed by atoms with E-state index in [1.807, 2.05) is 25.5 Å². The number of aryl methyl sites for hydroxylation is 1. The molecule has 0 aromatic carbocycles. The van der Waals surface area contributed by atoms with E-state index in [4.69, 9.17) is 0 Å². The molecule has 2 aromatic rings. The van der Waals surface area contributed by atoms with Crippen molar-refractivity contribution in [1.29, 1.82) is 0 Å². The van der Waals surface area contributed by atoms with Crippen molar-refractivity contribution in [2.24, 2.45) is 0 Å². The Morgan fingerprint density at radius 2 is 1.95 bits per heavy atom. The van der Waals surface area contributed by atoms with Crippen LogP contribution in [0.3, 0.4) is 0 Å². The van der Waals surface area contributed by atoms with Crippen molar-refractivity contribution in [3.8, 4) is 0 Å². The van der Waals surface area contributed by atoms with Crippen LogP contribution in [0.1, 0.15) is 37.2 Å². The Morgan fingerprint density at radius 3 is 2.50 bits per heavy atom. The predicted octanol–water partition coefficient (Wildman–Crippen LogP) is 3.19. The topological polar surface area (TPSA) is 62.7 Å². The number of nitrogens with one attached hydrogen (secondary N) is 2. The summed E-state index contributed by atoms with van der Waals surface area (Å²) in [4.78, 5) is 13.5. The van der Waals surface area contributed by atoms with Gasteiger partial charge in [-0.15, -0.1) is 11.3 Å². The summed E-state index contributed by atoms with van der Waals surface area (Å²) < 4.78 is 0. The van der Waals surface area contributed by atoms with Gasteiger partial charge in [0.25, 0.3) is 0 Å². The van der Waals surface area contributed by atoms with Crippen molar-refractivity contribution >= 4 is 23.0 Å². The van der Waals surface area contributed by atoms with Gasteiger partial charge in [-0.1, -0.05) is 6.92 Å². The van der Waals surface area contributed by atoms with E-state index < -0.39 is 0 Å². The zero-order valence-electron chi connectivity index (χ0n) is 12.6. The molecule has 0 fully saturated rings. The zero-order chi connectivity index (χ0) is 14.8. The molecular weight excluding hydrogens is 270 g/mol. The van der Waals surface area contributed by atoms with Gasteiger partial charge >= 0.3 is 0 Å². The molecule has 0 atom stereocenters. The minimum absolute atomic E-state index is 0.261. The van der Waals surface area contributed by atoms with Gasteiger partial charge in [-0.2, -0.15) is 0 Å². The number of aromatic nitrogens is 3. The lowest BCUT2D eigenvalue weighted by Gasteiger charge is -2.26. The third-order valence-corrected chi connectivity index (χ3v) is 4.24. The van der Waals surface area contributed by atoms with Gasteiger partial charge in [0.15, 0.2) is 0 Å². The quantitative estimate of drug-likeness (QED) is 0.886. The first kappa shape index (κ1) is 14.7. The smallest absolute Gasteiger partial charge is 0.135 e. The van der Waals surface area contributed by atoms with Crippen LogP contribution < -0.4 is 10.6 Å². The van der Waals surface area contributed by atoms with E-state index in [1.54, 1.807) is 11.3 Å². The van der Waals surface area contributed by atoms with Crippen LogP contribution in [0.5, 0.6) is 0 Å². The number of anilines is 2. The second-order valence-electron chi connectivity index (χ2n) is 5.15. The molecule has 5 nitrogen and oxygen atoms in total. The fourth-order valence-corrected chi connectivity index (χ4v) is 2.69. The van der Waals surface area contributed by atoms with E-state index in [1.165, 1.54) is 0 Å². The monoisotopic (exact) mass is 291 g/mol. The van der Waals surface area contributed by atoms with Crippen molar-refractivity contribution in [3.63, 3.8) is 0 Å². The van der Waals surface area contributed by atoms with E-state index in [9.17, 15) is 0 Å². The minimum Gasteiger partial charge on any atom is -0.373 e. The lowest BCUT2D eigenvalue weighted by atomic mass is 10.1. The van der Waals surface area contributed by atoms with Crippen LogP contribution in [-0.2, 0) is 12.0 Å². The number of nitrogens with zero attached hydrogens (tertiary/aromatic N) is 3. The molecule has 108 valence electrons. The molecule has 0 aliphatic rings. The maximum absolute atomic E-state index is 4.61. The molecule has 2 aromatic heterocycles. The van der Waals surface area contributed by atoms with Crippen molar-refractivity contribution in [1.82, 2.24) is 15.0 Å². The highest BCUT2D eigenvalue weighted by molar-refractivity contribution is 7.09. The Hall–Kier alpha value is -1.69. The van der Waals surface area contributed by atoms with Crippen LogP contribution >= 0.6 is 11.3 Å². The minimum atomic E-state index is -0.261. The zero-order valence-corrected chi connectivity index (χ0v) is 13.4. The molecule has 0 spiro atoms. The second kappa shape index (κ2) is 5.75. The molecule has 0 aliphatic heterocycles. The standard InChI is InChI=1S/C14H21N5S/c1-6-10-17-11(15-5)9(2)12(18-10)19-14(3,4)13-16-7-8-20-13/h7-8H,6H2,1-5H3,(H2,15,17,18,19). The van der Waals surface area contributed by atoms with Crippen molar-refractivity contribution in [3.05, 3.63) is 28.0 Å². The predicted molar refractivity (Wildman–Crippen MR) is 84.5 cm³/mol. The summed E-state index contributed by atoms with van der Waals surface area (Å²) in [7, 11) is 1.88. The molecule has 6 heteroatoms. The highest BCUT2D eigenvalue weighted by Gasteiger charge is 2.25. The van der Waals surface area contributed by atoms with Gasteiger partial charge in [0, 0.05) is 30.6 Å². The van der Waals surface area contributed by atoms with E-state index in [2.05, 4.69) is 46.4 Å².